The minimum absolute atomic E-state index is 0.0374. The molecule has 6 N–H and O–H groups in total. The van der Waals surface area contributed by atoms with Gasteiger partial charge in [-0.05, 0) is 101 Å². The van der Waals surface area contributed by atoms with Crippen LogP contribution < -0.4 is 15.8 Å². The summed E-state index contributed by atoms with van der Waals surface area (Å²) in [4.78, 5) is 26.2. The van der Waals surface area contributed by atoms with Crippen LogP contribution >= 0.6 is 0 Å². The van der Waals surface area contributed by atoms with E-state index in [1.54, 1.807) is 0 Å². The molecule has 11 heteroatoms. The Balaban J connectivity index is 0.000000236. The number of aliphatic hydroxyl groups is 2. The summed E-state index contributed by atoms with van der Waals surface area (Å²) in [6, 6.07) is 9.07. The molecule has 0 bridgehead atoms. The number of carbonyl (C=O) groups excluding carboxylic acids is 1. The third-order valence-electron chi connectivity index (χ3n) is 11.7. The van der Waals surface area contributed by atoms with E-state index < -0.39 is 0 Å². The molecule has 288 valence electrons. The molecule has 3 atom stereocenters. The Morgan fingerprint density at radius 2 is 1.57 bits per heavy atom. The number of H-pyrrole nitrogens is 1. The Kier molecular flexibility index (Phi) is 15.4. The number of carbonyl (C=O) groups is 1. The van der Waals surface area contributed by atoms with E-state index in [-0.39, 0.29) is 24.2 Å². The number of amides is 1. The van der Waals surface area contributed by atoms with Crippen LogP contribution in [-0.2, 0) is 0 Å². The molecule has 1 aromatic heterocycles. The molecule has 0 radical (unpaired) electrons. The number of benzene rings is 1. The summed E-state index contributed by atoms with van der Waals surface area (Å²) < 4.78 is 5.98. The number of nitrogens with one attached hydrogen (secondary N) is 2. The Bertz CT molecular complexity index is 1320. The predicted octanol–water partition coefficient (Wildman–Crippen LogP) is 3.74. The van der Waals surface area contributed by atoms with Gasteiger partial charge in [-0.1, -0.05) is 26.8 Å². The molecule has 4 aliphatic heterocycles. The first-order valence-corrected chi connectivity index (χ1v) is 20.1. The smallest absolute Gasteiger partial charge is 0.267 e. The van der Waals surface area contributed by atoms with Crippen molar-refractivity contribution in [3.63, 3.8) is 0 Å². The minimum atomic E-state index is -0.109. The molecule has 5 heterocycles. The number of piperidine rings is 4. The summed E-state index contributed by atoms with van der Waals surface area (Å²) in [6.07, 6.45) is 7.76. The average Bonchev–Trinajstić information content (AvgIpc) is 3.57. The number of likely N-dealkylation sites (tertiary alicyclic amines) is 4. The second-order valence-electron chi connectivity index (χ2n) is 16.4. The Morgan fingerprint density at radius 1 is 0.922 bits per heavy atom. The highest BCUT2D eigenvalue weighted by atomic mass is 16.5. The molecule has 0 aliphatic carbocycles. The van der Waals surface area contributed by atoms with Crippen molar-refractivity contribution in [3.8, 4) is 5.75 Å². The van der Waals surface area contributed by atoms with E-state index in [1.807, 2.05) is 24.3 Å². The van der Waals surface area contributed by atoms with Crippen molar-refractivity contribution in [2.45, 2.75) is 109 Å². The highest BCUT2D eigenvalue weighted by molar-refractivity contribution is 5.99. The van der Waals surface area contributed by atoms with Crippen LogP contribution in [0.3, 0.4) is 0 Å². The number of nitrogens with zero attached hydrogens (tertiary/aromatic N) is 4. The van der Waals surface area contributed by atoms with Gasteiger partial charge in [-0.25, -0.2) is 0 Å². The van der Waals surface area contributed by atoms with E-state index in [1.165, 1.54) is 0 Å². The normalized spacial score (nSPS) is 24.8. The summed E-state index contributed by atoms with van der Waals surface area (Å²) >= 11 is 0. The Labute approximate surface area is 307 Å². The summed E-state index contributed by atoms with van der Waals surface area (Å²) in [5, 5.41) is 23.6. The van der Waals surface area contributed by atoms with E-state index in [9.17, 15) is 15.0 Å². The van der Waals surface area contributed by atoms with Crippen LogP contribution in [0.4, 0.5) is 0 Å². The van der Waals surface area contributed by atoms with Gasteiger partial charge in [0.2, 0.25) is 0 Å². The van der Waals surface area contributed by atoms with Gasteiger partial charge in [-0.3, -0.25) is 9.69 Å². The fraction of sp³-hybridized carbons (Fsp3) is 0.775. The van der Waals surface area contributed by atoms with Gasteiger partial charge in [0, 0.05) is 87.9 Å². The topological polar surface area (TPSA) is 134 Å². The van der Waals surface area contributed by atoms with Crippen molar-refractivity contribution < 1.29 is 19.7 Å². The second-order valence-corrected chi connectivity index (χ2v) is 16.4. The minimum Gasteiger partial charge on any atom is -0.493 e. The number of aromatic nitrogens is 1. The van der Waals surface area contributed by atoms with Gasteiger partial charge in [0.15, 0.2) is 0 Å². The molecule has 1 amide bonds. The van der Waals surface area contributed by atoms with Crippen LogP contribution in [0.25, 0.3) is 10.9 Å². The molecule has 4 aliphatic rings. The lowest BCUT2D eigenvalue weighted by Gasteiger charge is -2.41. The summed E-state index contributed by atoms with van der Waals surface area (Å²) in [6.45, 7) is 21.2. The monoisotopic (exact) mass is 712 g/mol. The summed E-state index contributed by atoms with van der Waals surface area (Å²) in [5.74, 6) is 1.81. The zero-order valence-corrected chi connectivity index (χ0v) is 32.1. The van der Waals surface area contributed by atoms with E-state index >= 15 is 0 Å². The Morgan fingerprint density at radius 3 is 2.22 bits per heavy atom. The second kappa shape index (κ2) is 19.7. The standard InChI is InChI=1S/C26H40N4O3.C14H29N3O/c1-19(2)10-17-33-25-5-3-4-23-22(25)18-24(28-23)26(32)27-20-6-11-29(12-7-20)15-16-30-13-8-21(31)9-14-30;1-11-9-17(8-5-14(11)18)12(2)10-16-6-3-13(15)4-7-16/h3-5,18-21,28,31H,6-17H2,1-2H3,(H,27,32);11-14,18H,3-10,15H2,1-2H3/t;11-,12-,14-/m.0/s1. The van der Waals surface area contributed by atoms with Gasteiger partial charge < -0.3 is 45.7 Å². The van der Waals surface area contributed by atoms with Gasteiger partial charge in [-0.15, -0.1) is 0 Å². The van der Waals surface area contributed by atoms with Gasteiger partial charge >= 0.3 is 0 Å². The average molecular weight is 712 g/mol. The summed E-state index contributed by atoms with van der Waals surface area (Å²) in [7, 11) is 0. The summed E-state index contributed by atoms with van der Waals surface area (Å²) in [5.41, 5.74) is 7.47. The lowest BCUT2D eigenvalue weighted by molar-refractivity contribution is 0.0119. The number of aromatic amines is 1. The van der Waals surface area contributed by atoms with E-state index in [2.05, 4.69) is 57.6 Å². The van der Waals surface area contributed by atoms with Crippen LogP contribution in [-0.4, -0.2) is 150 Å². The highest BCUT2D eigenvalue weighted by Gasteiger charge is 2.29. The number of hydrogen-bond donors (Lipinski definition) is 5. The van der Waals surface area contributed by atoms with Crippen molar-refractivity contribution in [3.05, 3.63) is 30.0 Å². The van der Waals surface area contributed by atoms with Crippen molar-refractivity contribution in [2.75, 3.05) is 78.6 Å². The van der Waals surface area contributed by atoms with Gasteiger partial charge in [0.25, 0.3) is 5.91 Å². The molecule has 6 rings (SSSR count). The number of ether oxygens (including phenoxy) is 1. The molecule has 4 saturated heterocycles. The quantitative estimate of drug-likeness (QED) is 0.223. The van der Waals surface area contributed by atoms with Gasteiger partial charge in [-0.2, -0.15) is 0 Å². The maximum Gasteiger partial charge on any atom is 0.267 e. The van der Waals surface area contributed by atoms with Crippen molar-refractivity contribution in [2.24, 2.45) is 17.6 Å². The van der Waals surface area contributed by atoms with Crippen molar-refractivity contribution in [1.29, 1.82) is 0 Å². The van der Waals surface area contributed by atoms with E-state index in [0.29, 0.717) is 36.2 Å². The van der Waals surface area contributed by atoms with Crippen LogP contribution in [0.2, 0.25) is 0 Å². The number of fused-ring (bicyclic) bond motifs is 1. The molecule has 0 unspecified atom stereocenters. The maximum atomic E-state index is 12.9. The molecule has 2 aromatic rings. The fourth-order valence-corrected chi connectivity index (χ4v) is 7.96. The largest absolute Gasteiger partial charge is 0.493 e. The van der Waals surface area contributed by atoms with Crippen LogP contribution in [0, 0.1) is 11.8 Å². The lowest BCUT2D eigenvalue weighted by Crippen LogP contribution is -2.51. The Hall–Kier alpha value is -2.25. The number of rotatable bonds is 12. The SMILES string of the molecule is CC(C)CCOc1cccc2[nH]c(C(=O)NC3CCN(CCN4CCC(O)CC4)CC3)cc12.C[C@H]1CN([C@@H](C)CN2CCC(N)CC2)CC[C@@H]1O. The van der Waals surface area contributed by atoms with E-state index in [0.717, 1.165) is 140 Å². The maximum absolute atomic E-state index is 12.9. The predicted molar refractivity (Wildman–Crippen MR) is 206 cm³/mol. The molecule has 4 fully saturated rings. The molecule has 0 saturated carbocycles. The number of nitrogens with two attached hydrogens (primary N) is 1. The molecular weight excluding hydrogens is 642 g/mol. The molecular formula is C40H69N7O4. The fourth-order valence-electron chi connectivity index (χ4n) is 7.96. The van der Waals surface area contributed by atoms with Crippen molar-refractivity contribution in [1.82, 2.24) is 29.9 Å². The van der Waals surface area contributed by atoms with Gasteiger partial charge in [0.05, 0.1) is 18.8 Å². The first-order valence-electron chi connectivity index (χ1n) is 20.1. The first-order chi connectivity index (χ1) is 24.5. The van der Waals surface area contributed by atoms with Crippen LogP contribution in [0.1, 0.15) is 89.5 Å². The zero-order valence-electron chi connectivity index (χ0n) is 32.1. The number of aliphatic hydroxyl groups excluding tert-OH is 2. The van der Waals surface area contributed by atoms with Gasteiger partial charge in [0.1, 0.15) is 11.4 Å². The van der Waals surface area contributed by atoms with Crippen LogP contribution in [0.15, 0.2) is 24.3 Å². The number of hydrogen-bond acceptors (Lipinski definition) is 9. The van der Waals surface area contributed by atoms with E-state index in [4.69, 9.17) is 10.5 Å². The third-order valence-corrected chi connectivity index (χ3v) is 11.7. The lowest BCUT2D eigenvalue weighted by atomic mass is 9.95. The molecule has 0 spiro atoms. The van der Waals surface area contributed by atoms with Crippen molar-refractivity contribution >= 4 is 16.8 Å². The highest BCUT2D eigenvalue weighted by Crippen LogP contribution is 2.27. The first kappa shape index (κ1) is 39.9. The van der Waals surface area contributed by atoms with Crippen LogP contribution in [0.5, 0.6) is 5.75 Å². The molecule has 51 heavy (non-hydrogen) atoms. The molecule has 11 nitrogen and oxygen atoms in total. The zero-order chi connectivity index (χ0) is 36.3. The third kappa shape index (κ3) is 12.4. The molecule has 1 aromatic carbocycles.